The Labute approximate surface area is 465 Å². The number of benzene rings is 11. The van der Waals surface area contributed by atoms with Crippen molar-refractivity contribution >= 4 is 61.3 Å². The maximum absolute atomic E-state index is 2.43. The van der Waals surface area contributed by atoms with Gasteiger partial charge in [-0.1, -0.05) is 214 Å². The molecule has 2 aliphatic rings. The average Bonchev–Trinajstić information content (AvgIpc) is 4.13. The summed E-state index contributed by atoms with van der Waals surface area (Å²) in [7, 11) is 0. The molecular weight excluding hydrogens is 953 g/mol. The van der Waals surface area contributed by atoms with E-state index < -0.39 is 0 Å². The van der Waals surface area contributed by atoms with E-state index in [0.29, 0.717) is 5.92 Å². The first-order chi connectivity index (χ1) is 39.0. The molecule has 2 aliphatic carbocycles. The summed E-state index contributed by atoms with van der Waals surface area (Å²) in [5.41, 5.74) is 23.7. The second-order valence-corrected chi connectivity index (χ2v) is 21.6. The number of rotatable bonds is 10. The maximum Gasteiger partial charge on any atom is 0.0541 e. The van der Waals surface area contributed by atoms with E-state index in [1.807, 2.05) is 6.07 Å². The van der Waals surface area contributed by atoms with Crippen molar-refractivity contribution in [2.45, 2.75) is 58.3 Å². The number of aryl methyl sites for hydroxylation is 1. The van der Waals surface area contributed by atoms with Gasteiger partial charge in [-0.2, -0.15) is 0 Å². The van der Waals surface area contributed by atoms with Crippen molar-refractivity contribution in [3.8, 4) is 50.2 Å². The first kappa shape index (κ1) is 49.3. The van der Waals surface area contributed by atoms with E-state index in [-0.39, 0.29) is 0 Å². The zero-order chi connectivity index (χ0) is 53.1. The normalized spacial score (nSPS) is 13.0. The number of anilines is 3. The first-order valence-electron chi connectivity index (χ1n) is 28.4. The van der Waals surface area contributed by atoms with Crippen molar-refractivity contribution in [2.24, 2.45) is 0 Å². The Balaban J connectivity index is 0.000000601. The lowest BCUT2D eigenvalue weighted by Crippen LogP contribution is -2.09. The highest BCUT2D eigenvalue weighted by atomic mass is 15.1. The molecule has 382 valence electrons. The van der Waals surface area contributed by atoms with E-state index in [1.54, 1.807) is 0 Å². The lowest BCUT2D eigenvalue weighted by molar-refractivity contribution is 0.742. The number of allylic oxidation sites excluding steroid dienone is 3. The van der Waals surface area contributed by atoms with Crippen LogP contribution in [0.15, 0.2) is 267 Å². The van der Waals surface area contributed by atoms with Crippen molar-refractivity contribution in [3.63, 3.8) is 0 Å². The van der Waals surface area contributed by atoms with E-state index in [4.69, 9.17) is 0 Å². The minimum atomic E-state index is 0.659. The summed E-state index contributed by atoms with van der Waals surface area (Å²) in [5.74, 6) is 0.659. The monoisotopic (exact) mass is 1020 g/mol. The molecule has 0 atom stereocenters. The molecular formula is C77H64N2. The van der Waals surface area contributed by atoms with E-state index in [2.05, 4.69) is 290 Å². The number of hydrogen-bond donors (Lipinski definition) is 0. The van der Waals surface area contributed by atoms with E-state index in [0.717, 1.165) is 29.9 Å². The predicted octanol–water partition coefficient (Wildman–Crippen LogP) is 21.8. The molecule has 0 saturated carbocycles. The molecule has 11 aromatic carbocycles. The lowest BCUT2D eigenvalue weighted by Gasteiger charge is -2.26. The molecule has 0 amide bonds. The topological polar surface area (TPSA) is 8.17 Å². The highest BCUT2D eigenvalue weighted by Crippen LogP contribution is 2.41. The summed E-state index contributed by atoms with van der Waals surface area (Å²) in [6.07, 6.45) is 14.2. The Bertz CT molecular complexity index is 4150. The average molecular weight is 1020 g/mol. The van der Waals surface area contributed by atoms with Gasteiger partial charge in [-0.05, 0) is 200 Å². The molecule has 0 spiro atoms. The molecule has 0 fully saturated rings. The van der Waals surface area contributed by atoms with Gasteiger partial charge in [-0.3, -0.25) is 0 Å². The van der Waals surface area contributed by atoms with Crippen LogP contribution in [0.4, 0.5) is 17.1 Å². The summed E-state index contributed by atoms with van der Waals surface area (Å²) in [4.78, 5) is 2.37. The predicted molar refractivity (Wildman–Crippen MR) is 339 cm³/mol. The lowest BCUT2D eigenvalue weighted by atomic mass is 9.93. The first-order valence-corrected chi connectivity index (χ1v) is 28.4. The zero-order valence-electron chi connectivity index (χ0n) is 45.2. The molecule has 79 heavy (non-hydrogen) atoms. The van der Waals surface area contributed by atoms with E-state index in [9.17, 15) is 0 Å². The van der Waals surface area contributed by atoms with Crippen molar-refractivity contribution in [1.82, 2.24) is 4.57 Å². The largest absolute Gasteiger partial charge is 0.311 e. The smallest absolute Gasteiger partial charge is 0.0541 e. The van der Waals surface area contributed by atoms with E-state index in [1.165, 1.54) is 136 Å². The number of hydrogen-bond acceptors (Lipinski definition) is 1. The Morgan fingerprint density at radius 3 is 1.59 bits per heavy atom. The van der Waals surface area contributed by atoms with Crippen LogP contribution in [-0.2, 0) is 6.42 Å². The van der Waals surface area contributed by atoms with Crippen LogP contribution in [0.5, 0.6) is 0 Å². The molecule has 0 unspecified atom stereocenters. The SMILES string of the molecule is C1=Cc2cc(-c3ccc(N(c4ccc(-c5ccc(-c6ccc7c(c6)c6ccccc6n7-c6ccc(C7=CCCCC7)cc6)cc5)cc4)c4ccc(-c5cccc6ccccc56)cc4)cc3)ccc2CC1.CC(C)c1ccccc1. The van der Waals surface area contributed by atoms with E-state index >= 15 is 0 Å². The molecule has 0 saturated heterocycles. The second-order valence-electron chi connectivity index (χ2n) is 21.6. The molecule has 1 aromatic heterocycles. The van der Waals surface area contributed by atoms with Crippen LogP contribution >= 0.6 is 0 Å². The fraction of sp³-hybridized carbons (Fsp3) is 0.117. The van der Waals surface area contributed by atoms with Crippen LogP contribution in [0.3, 0.4) is 0 Å². The van der Waals surface area contributed by atoms with Gasteiger partial charge in [0.25, 0.3) is 0 Å². The standard InChI is InChI=1S/C68H52N2.C9H12/c1-2-11-47(12-3-1)50-29-40-62(41-30-50)70-67-20-9-8-18-65(67)66-46-58(35-44-68(66)70)52-23-21-49(22-24-52)51-27-36-59(37-28-51)69(60-38-31-53(32-39-60)57-26-25-48-13-4-5-15-56(48)45-57)61-42-33-55(34-43-61)64-19-10-16-54-14-6-7-17-63(54)64;1-8(2)9-6-4-3-5-7-9/h5-11,14-46H,1-4,12-13H2;3-8H,1-2H3. The molecule has 0 aliphatic heterocycles. The molecule has 14 rings (SSSR count). The molecule has 0 radical (unpaired) electrons. The molecule has 0 N–H and O–H groups in total. The Hall–Kier alpha value is -9.24. The van der Waals surface area contributed by atoms with Crippen LogP contribution in [0, 0.1) is 0 Å². The third-order valence-electron chi connectivity index (χ3n) is 16.3. The Morgan fingerprint density at radius 1 is 0.392 bits per heavy atom. The molecule has 2 heteroatoms. The minimum Gasteiger partial charge on any atom is -0.311 e. The fourth-order valence-electron chi connectivity index (χ4n) is 12.0. The van der Waals surface area contributed by atoms with Crippen LogP contribution in [0.25, 0.3) is 94.4 Å². The second kappa shape index (κ2) is 22.0. The zero-order valence-corrected chi connectivity index (χ0v) is 45.2. The molecule has 0 bridgehead atoms. The van der Waals surface area contributed by atoms with Crippen LogP contribution < -0.4 is 4.90 Å². The summed E-state index contributed by atoms with van der Waals surface area (Å²) in [6.45, 7) is 4.41. The summed E-state index contributed by atoms with van der Waals surface area (Å²) >= 11 is 0. The van der Waals surface area contributed by atoms with Gasteiger partial charge in [-0.15, -0.1) is 0 Å². The van der Waals surface area contributed by atoms with Gasteiger partial charge in [0.1, 0.15) is 0 Å². The van der Waals surface area contributed by atoms with Gasteiger partial charge in [0.05, 0.1) is 11.0 Å². The summed E-state index contributed by atoms with van der Waals surface area (Å²) < 4.78 is 2.42. The van der Waals surface area contributed by atoms with Gasteiger partial charge in [0.15, 0.2) is 0 Å². The maximum atomic E-state index is 2.43. The summed E-state index contributed by atoms with van der Waals surface area (Å²) in [6, 6.07) is 93.8. The third-order valence-corrected chi connectivity index (χ3v) is 16.3. The van der Waals surface area contributed by atoms with Gasteiger partial charge in [-0.25, -0.2) is 0 Å². The van der Waals surface area contributed by atoms with Gasteiger partial charge < -0.3 is 9.47 Å². The minimum absolute atomic E-state index is 0.659. The number of para-hydroxylation sites is 1. The Morgan fingerprint density at radius 2 is 0.937 bits per heavy atom. The quantitative estimate of drug-likeness (QED) is 0.133. The highest BCUT2D eigenvalue weighted by molar-refractivity contribution is 6.10. The molecule has 12 aromatic rings. The number of fused-ring (bicyclic) bond motifs is 5. The Kier molecular flexibility index (Phi) is 13.7. The van der Waals surface area contributed by atoms with Gasteiger partial charge >= 0.3 is 0 Å². The molecule has 1 heterocycles. The van der Waals surface area contributed by atoms with Crippen LogP contribution in [0.1, 0.15) is 74.1 Å². The third kappa shape index (κ3) is 10.2. The van der Waals surface area contributed by atoms with Crippen LogP contribution in [0.2, 0.25) is 0 Å². The van der Waals surface area contributed by atoms with Gasteiger partial charge in [0, 0.05) is 33.5 Å². The van der Waals surface area contributed by atoms with Crippen molar-refractivity contribution < 1.29 is 0 Å². The summed E-state index contributed by atoms with van der Waals surface area (Å²) in [5, 5.41) is 5.06. The van der Waals surface area contributed by atoms with Crippen LogP contribution in [-0.4, -0.2) is 4.57 Å². The fourth-order valence-corrected chi connectivity index (χ4v) is 12.0. The highest BCUT2D eigenvalue weighted by Gasteiger charge is 2.17. The number of aromatic nitrogens is 1. The van der Waals surface area contributed by atoms with Gasteiger partial charge in [0.2, 0.25) is 0 Å². The van der Waals surface area contributed by atoms with Crippen molar-refractivity contribution in [2.75, 3.05) is 4.90 Å². The molecule has 2 nitrogen and oxygen atoms in total. The van der Waals surface area contributed by atoms with Crippen molar-refractivity contribution in [3.05, 3.63) is 289 Å². The number of nitrogens with zero attached hydrogens (tertiary/aromatic N) is 2. The van der Waals surface area contributed by atoms with Crippen molar-refractivity contribution in [1.29, 1.82) is 0 Å².